The van der Waals surface area contributed by atoms with Crippen molar-refractivity contribution in [1.29, 1.82) is 0 Å². The number of benzene rings is 1. The Kier molecular flexibility index (Phi) is 5.48. The molecule has 2 atom stereocenters. The first kappa shape index (κ1) is 15.8. The van der Waals surface area contributed by atoms with Crippen LogP contribution in [0, 0.1) is 0 Å². The van der Waals surface area contributed by atoms with E-state index in [1.165, 1.54) is 0 Å². The fourth-order valence-corrected chi connectivity index (χ4v) is 3.01. The number of ether oxygens (including phenoxy) is 2. The molecule has 3 rings (SSSR count). The van der Waals surface area contributed by atoms with Crippen molar-refractivity contribution in [3.63, 3.8) is 0 Å². The number of para-hydroxylation sites is 1. The van der Waals surface area contributed by atoms with Gasteiger partial charge in [-0.15, -0.1) is 0 Å². The van der Waals surface area contributed by atoms with E-state index >= 15 is 0 Å². The lowest BCUT2D eigenvalue weighted by Crippen LogP contribution is -2.45. The molecular formula is C19H24N2O2. The van der Waals surface area contributed by atoms with Crippen molar-refractivity contribution >= 4 is 0 Å². The summed E-state index contributed by atoms with van der Waals surface area (Å²) in [6.45, 7) is 4.91. The SMILES string of the molecule is CC1CC(Oc2ccccc2)CCN1CCOc1ccccn1. The van der Waals surface area contributed by atoms with Crippen LogP contribution in [0.1, 0.15) is 19.8 Å². The van der Waals surface area contributed by atoms with Crippen LogP contribution in [0.2, 0.25) is 0 Å². The molecular weight excluding hydrogens is 288 g/mol. The zero-order valence-corrected chi connectivity index (χ0v) is 13.6. The van der Waals surface area contributed by atoms with Gasteiger partial charge in [-0.05, 0) is 38.0 Å². The highest BCUT2D eigenvalue weighted by molar-refractivity contribution is 5.21. The van der Waals surface area contributed by atoms with Gasteiger partial charge in [-0.3, -0.25) is 4.90 Å². The third kappa shape index (κ3) is 4.70. The van der Waals surface area contributed by atoms with E-state index in [0.717, 1.165) is 31.7 Å². The lowest BCUT2D eigenvalue weighted by atomic mass is 10.0. The summed E-state index contributed by atoms with van der Waals surface area (Å²) in [5, 5.41) is 0. The molecule has 2 aromatic rings. The monoisotopic (exact) mass is 312 g/mol. The van der Waals surface area contributed by atoms with E-state index in [1.54, 1.807) is 6.20 Å². The minimum absolute atomic E-state index is 0.306. The van der Waals surface area contributed by atoms with Crippen molar-refractivity contribution in [2.75, 3.05) is 19.7 Å². The number of rotatable bonds is 6. The van der Waals surface area contributed by atoms with Crippen LogP contribution >= 0.6 is 0 Å². The zero-order valence-electron chi connectivity index (χ0n) is 13.6. The highest BCUT2D eigenvalue weighted by atomic mass is 16.5. The minimum Gasteiger partial charge on any atom is -0.490 e. The highest BCUT2D eigenvalue weighted by Gasteiger charge is 2.26. The fourth-order valence-electron chi connectivity index (χ4n) is 3.01. The summed E-state index contributed by atoms with van der Waals surface area (Å²) in [7, 11) is 0. The molecule has 0 amide bonds. The first-order valence-electron chi connectivity index (χ1n) is 8.31. The van der Waals surface area contributed by atoms with Crippen molar-refractivity contribution < 1.29 is 9.47 Å². The molecule has 1 aliphatic heterocycles. The van der Waals surface area contributed by atoms with Crippen molar-refractivity contribution in [2.45, 2.75) is 31.9 Å². The predicted molar refractivity (Wildman–Crippen MR) is 90.9 cm³/mol. The molecule has 122 valence electrons. The first-order valence-corrected chi connectivity index (χ1v) is 8.31. The molecule has 23 heavy (non-hydrogen) atoms. The quantitative estimate of drug-likeness (QED) is 0.819. The second-order valence-electron chi connectivity index (χ2n) is 5.98. The molecule has 4 nitrogen and oxygen atoms in total. The standard InChI is InChI=1S/C19H24N2O2/c1-16-15-18(23-17-7-3-2-4-8-17)10-12-21(16)13-14-22-19-9-5-6-11-20-19/h2-9,11,16,18H,10,12-15H2,1H3. The van der Waals surface area contributed by atoms with Crippen molar-refractivity contribution in [1.82, 2.24) is 9.88 Å². The summed E-state index contributed by atoms with van der Waals surface area (Å²) < 4.78 is 11.8. The molecule has 2 unspecified atom stereocenters. The average molecular weight is 312 g/mol. The lowest BCUT2D eigenvalue weighted by molar-refractivity contribution is 0.0545. The van der Waals surface area contributed by atoms with Crippen LogP contribution < -0.4 is 9.47 Å². The van der Waals surface area contributed by atoms with Gasteiger partial charge in [0.05, 0.1) is 0 Å². The Balaban J connectivity index is 1.42. The van der Waals surface area contributed by atoms with E-state index in [0.29, 0.717) is 24.6 Å². The number of hydrogen-bond donors (Lipinski definition) is 0. The van der Waals surface area contributed by atoms with E-state index < -0.39 is 0 Å². The van der Waals surface area contributed by atoms with Crippen LogP contribution in [0.3, 0.4) is 0 Å². The molecule has 0 radical (unpaired) electrons. The van der Waals surface area contributed by atoms with Gasteiger partial charge in [0.25, 0.3) is 0 Å². The molecule has 0 aliphatic carbocycles. The molecule has 0 spiro atoms. The van der Waals surface area contributed by atoms with Gasteiger partial charge in [0.1, 0.15) is 18.5 Å². The van der Waals surface area contributed by atoms with Crippen LogP contribution in [0.25, 0.3) is 0 Å². The molecule has 1 aromatic heterocycles. The molecule has 1 saturated heterocycles. The van der Waals surface area contributed by atoms with Gasteiger partial charge in [0, 0.05) is 31.4 Å². The van der Waals surface area contributed by atoms with Crippen LogP contribution in [0.15, 0.2) is 54.7 Å². The molecule has 2 heterocycles. The largest absolute Gasteiger partial charge is 0.490 e. The maximum absolute atomic E-state index is 6.08. The van der Waals surface area contributed by atoms with Gasteiger partial charge >= 0.3 is 0 Å². The molecule has 0 saturated carbocycles. The van der Waals surface area contributed by atoms with Gasteiger partial charge in [-0.1, -0.05) is 24.3 Å². The Hall–Kier alpha value is -2.07. The van der Waals surface area contributed by atoms with Gasteiger partial charge in [-0.25, -0.2) is 4.98 Å². The van der Waals surface area contributed by atoms with Crippen LogP contribution in [-0.4, -0.2) is 41.7 Å². The molecule has 0 N–H and O–H groups in total. The number of aromatic nitrogens is 1. The normalized spacial score (nSPS) is 21.8. The van der Waals surface area contributed by atoms with Gasteiger partial charge in [0.2, 0.25) is 5.88 Å². The second kappa shape index (κ2) is 7.97. The summed E-state index contributed by atoms with van der Waals surface area (Å²) in [5.41, 5.74) is 0. The third-order valence-corrected chi connectivity index (χ3v) is 4.28. The molecule has 1 aromatic carbocycles. The summed E-state index contributed by atoms with van der Waals surface area (Å²) in [6, 6.07) is 16.3. The third-order valence-electron chi connectivity index (χ3n) is 4.28. The summed E-state index contributed by atoms with van der Waals surface area (Å²) in [4.78, 5) is 6.64. The number of piperidine rings is 1. The number of hydrogen-bond acceptors (Lipinski definition) is 4. The van der Waals surface area contributed by atoms with Crippen LogP contribution in [0.4, 0.5) is 0 Å². The Labute approximate surface area is 138 Å². The molecule has 1 fully saturated rings. The minimum atomic E-state index is 0.306. The fraction of sp³-hybridized carbons (Fsp3) is 0.421. The molecule has 0 bridgehead atoms. The highest BCUT2D eigenvalue weighted by Crippen LogP contribution is 2.22. The first-order chi connectivity index (χ1) is 11.3. The Morgan fingerprint density at radius 3 is 2.70 bits per heavy atom. The Morgan fingerprint density at radius 1 is 1.13 bits per heavy atom. The van der Waals surface area contributed by atoms with Crippen molar-refractivity contribution in [3.8, 4) is 11.6 Å². The van der Waals surface area contributed by atoms with Crippen LogP contribution in [-0.2, 0) is 0 Å². The average Bonchev–Trinajstić information content (AvgIpc) is 2.59. The van der Waals surface area contributed by atoms with E-state index in [-0.39, 0.29) is 0 Å². The second-order valence-corrected chi connectivity index (χ2v) is 5.98. The van der Waals surface area contributed by atoms with E-state index in [4.69, 9.17) is 9.47 Å². The van der Waals surface area contributed by atoms with Gasteiger partial charge in [0.15, 0.2) is 0 Å². The van der Waals surface area contributed by atoms with Crippen molar-refractivity contribution in [3.05, 3.63) is 54.7 Å². The summed E-state index contributed by atoms with van der Waals surface area (Å²) in [6.07, 6.45) is 4.17. The number of likely N-dealkylation sites (tertiary alicyclic amines) is 1. The number of pyridine rings is 1. The maximum Gasteiger partial charge on any atom is 0.213 e. The number of nitrogens with zero attached hydrogens (tertiary/aromatic N) is 2. The summed E-state index contributed by atoms with van der Waals surface area (Å²) in [5.74, 6) is 1.67. The maximum atomic E-state index is 6.08. The van der Waals surface area contributed by atoms with E-state index in [9.17, 15) is 0 Å². The Morgan fingerprint density at radius 2 is 1.96 bits per heavy atom. The Bertz CT molecular complexity index is 576. The van der Waals surface area contributed by atoms with Gasteiger partial charge in [-0.2, -0.15) is 0 Å². The van der Waals surface area contributed by atoms with Crippen LogP contribution in [0.5, 0.6) is 11.6 Å². The smallest absolute Gasteiger partial charge is 0.213 e. The summed E-state index contributed by atoms with van der Waals surface area (Å²) >= 11 is 0. The topological polar surface area (TPSA) is 34.6 Å². The van der Waals surface area contributed by atoms with Gasteiger partial charge < -0.3 is 9.47 Å². The lowest BCUT2D eigenvalue weighted by Gasteiger charge is -2.37. The zero-order chi connectivity index (χ0) is 15.9. The van der Waals surface area contributed by atoms with E-state index in [1.807, 2.05) is 48.5 Å². The molecule has 4 heteroatoms. The molecule has 1 aliphatic rings. The predicted octanol–water partition coefficient (Wildman–Crippen LogP) is 3.39. The van der Waals surface area contributed by atoms with E-state index in [2.05, 4.69) is 16.8 Å². The van der Waals surface area contributed by atoms with Crippen molar-refractivity contribution in [2.24, 2.45) is 0 Å².